The summed E-state index contributed by atoms with van der Waals surface area (Å²) in [5.74, 6) is 0.428. The molecule has 3 rings (SSSR count). The first kappa shape index (κ1) is 15.6. The highest BCUT2D eigenvalue weighted by atomic mass is 16.6. The number of carbonyl (C=O) groups excluding carboxylic acids is 2. The summed E-state index contributed by atoms with van der Waals surface area (Å²) >= 11 is 0. The van der Waals surface area contributed by atoms with Crippen molar-refractivity contribution >= 4 is 17.8 Å². The first-order chi connectivity index (χ1) is 10.8. The van der Waals surface area contributed by atoms with Gasteiger partial charge in [-0.1, -0.05) is 0 Å². The fourth-order valence-electron chi connectivity index (χ4n) is 3.23. The predicted molar refractivity (Wildman–Crippen MR) is 84.2 cm³/mol. The fourth-order valence-corrected chi connectivity index (χ4v) is 3.23. The van der Waals surface area contributed by atoms with E-state index in [1.54, 1.807) is 4.90 Å². The molecule has 23 heavy (non-hydrogen) atoms. The lowest BCUT2D eigenvalue weighted by atomic mass is 9.90. The Labute approximate surface area is 134 Å². The van der Waals surface area contributed by atoms with Gasteiger partial charge in [-0.3, -0.25) is 4.79 Å². The number of nitrogens with one attached hydrogen (secondary N) is 1. The van der Waals surface area contributed by atoms with Crippen LogP contribution in [0.25, 0.3) is 0 Å². The normalized spacial score (nSPS) is 23.5. The summed E-state index contributed by atoms with van der Waals surface area (Å²) in [5.41, 5.74) is 5.29. The molecule has 0 aromatic carbocycles. The van der Waals surface area contributed by atoms with Crippen molar-refractivity contribution in [1.82, 2.24) is 14.7 Å². The quantitative estimate of drug-likeness (QED) is 0.809. The topological polar surface area (TPSA) is 102 Å². The van der Waals surface area contributed by atoms with Gasteiger partial charge >= 0.3 is 6.09 Å². The first-order valence-electron chi connectivity index (χ1n) is 7.85. The van der Waals surface area contributed by atoms with Gasteiger partial charge in [-0.05, 0) is 27.2 Å². The number of amides is 2. The number of hydrogen-bond donors (Lipinski definition) is 2. The monoisotopic (exact) mass is 321 g/mol. The molecule has 0 spiro atoms. The van der Waals surface area contributed by atoms with E-state index < -0.39 is 11.5 Å². The SMILES string of the molecule is CC(C)(C)OC(=O)N1CCC2C(CNc3c(C(N)=O)cnn32)C1. The van der Waals surface area contributed by atoms with Gasteiger partial charge in [-0.2, -0.15) is 5.10 Å². The molecule has 1 saturated heterocycles. The van der Waals surface area contributed by atoms with Crippen LogP contribution in [0, 0.1) is 5.92 Å². The molecule has 1 fully saturated rings. The summed E-state index contributed by atoms with van der Waals surface area (Å²) in [6, 6.07) is 0.165. The Kier molecular flexibility index (Phi) is 3.69. The molecule has 2 unspecified atom stereocenters. The van der Waals surface area contributed by atoms with E-state index in [4.69, 9.17) is 10.5 Å². The molecular formula is C15H23N5O3. The van der Waals surface area contributed by atoms with Crippen LogP contribution in [0.1, 0.15) is 43.6 Å². The number of ether oxygens (including phenoxy) is 1. The second-order valence-electron chi connectivity index (χ2n) is 7.14. The summed E-state index contributed by atoms with van der Waals surface area (Å²) in [7, 11) is 0. The number of fused-ring (bicyclic) bond motifs is 3. The van der Waals surface area contributed by atoms with Crippen molar-refractivity contribution in [3.8, 4) is 0 Å². The van der Waals surface area contributed by atoms with E-state index in [9.17, 15) is 9.59 Å². The molecule has 0 radical (unpaired) electrons. The van der Waals surface area contributed by atoms with Gasteiger partial charge in [0.2, 0.25) is 0 Å². The van der Waals surface area contributed by atoms with Crippen LogP contribution < -0.4 is 11.1 Å². The number of anilines is 1. The highest BCUT2D eigenvalue weighted by Gasteiger charge is 2.38. The number of aromatic nitrogens is 2. The summed E-state index contributed by atoms with van der Waals surface area (Å²) in [6.45, 7) is 7.48. The van der Waals surface area contributed by atoms with Crippen LogP contribution in [0.15, 0.2) is 6.20 Å². The molecule has 0 aliphatic carbocycles. The van der Waals surface area contributed by atoms with Gasteiger partial charge < -0.3 is 20.7 Å². The molecule has 0 bridgehead atoms. The van der Waals surface area contributed by atoms with E-state index in [1.807, 2.05) is 25.5 Å². The molecule has 3 heterocycles. The number of hydrogen-bond acceptors (Lipinski definition) is 5. The fraction of sp³-hybridized carbons (Fsp3) is 0.667. The molecule has 8 nitrogen and oxygen atoms in total. The largest absolute Gasteiger partial charge is 0.444 e. The number of primary amides is 1. The van der Waals surface area contributed by atoms with Crippen LogP contribution in [0.5, 0.6) is 0 Å². The van der Waals surface area contributed by atoms with Crippen molar-refractivity contribution in [3.05, 3.63) is 11.8 Å². The van der Waals surface area contributed by atoms with E-state index in [2.05, 4.69) is 10.4 Å². The zero-order valence-corrected chi connectivity index (χ0v) is 13.7. The van der Waals surface area contributed by atoms with Crippen molar-refractivity contribution in [2.45, 2.75) is 38.8 Å². The number of carbonyl (C=O) groups is 2. The highest BCUT2D eigenvalue weighted by molar-refractivity contribution is 5.97. The Morgan fingerprint density at radius 1 is 1.43 bits per heavy atom. The highest BCUT2D eigenvalue weighted by Crippen LogP contribution is 2.36. The van der Waals surface area contributed by atoms with Crippen LogP contribution in [0.4, 0.5) is 10.6 Å². The zero-order valence-electron chi connectivity index (χ0n) is 13.7. The van der Waals surface area contributed by atoms with Crippen LogP contribution in [-0.4, -0.2) is 51.9 Å². The molecule has 0 saturated carbocycles. The average Bonchev–Trinajstić information content (AvgIpc) is 2.89. The van der Waals surface area contributed by atoms with E-state index >= 15 is 0 Å². The predicted octanol–water partition coefficient (Wildman–Crippen LogP) is 1.21. The van der Waals surface area contributed by atoms with Crippen molar-refractivity contribution < 1.29 is 14.3 Å². The van der Waals surface area contributed by atoms with Gasteiger partial charge in [-0.15, -0.1) is 0 Å². The van der Waals surface area contributed by atoms with Crippen LogP contribution in [-0.2, 0) is 4.74 Å². The molecule has 3 N–H and O–H groups in total. The molecule has 126 valence electrons. The maximum atomic E-state index is 12.2. The first-order valence-corrected chi connectivity index (χ1v) is 7.85. The molecule has 1 aromatic heterocycles. The minimum Gasteiger partial charge on any atom is -0.444 e. The maximum Gasteiger partial charge on any atom is 0.410 e. The number of rotatable bonds is 1. The second kappa shape index (κ2) is 5.43. The molecule has 2 amide bonds. The van der Waals surface area contributed by atoms with Crippen LogP contribution in [0.2, 0.25) is 0 Å². The molecule has 8 heteroatoms. The summed E-state index contributed by atoms with van der Waals surface area (Å²) in [5, 5.41) is 7.53. The number of likely N-dealkylation sites (tertiary alicyclic amines) is 1. The molecule has 1 aromatic rings. The van der Waals surface area contributed by atoms with Crippen molar-refractivity contribution in [3.63, 3.8) is 0 Å². The lowest BCUT2D eigenvalue weighted by molar-refractivity contribution is 0.0107. The van der Waals surface area contributed by atoms with Crippen LogP contribution in [0.3, 0.4) is 0 Å². The molecule has 2 aliphatic heterocycles. The minimum atomic E-state index is -0.496. The third-order valence-electron chi connectivity index (χ3n) is 4.25. The standard InChI is InChI=1S/C15H23N5O3/c1-15(2,3)23-14(22)19-5-4-11-9(8-19)6-17-13-10(12(16)21)7-18-20(11)13/h7,9,11,17H,4-6,8H2,1-3H3,(H2,16,21). The van der Waals surface area contributed by atoms with Crippen molar-refractivity contribution in [1.29, 1.82) is 0 Å². The summed E-state index contributed by atoms with van der Waals surface area (Å²) < 4.78 is 7.28. The third kappa shape index (κ3) is 2.97. The summed E-state index contributed by atoms with van der Waals surface area (Å²) in [4.78, 5) is 25.4. The Morgan fingerprint density at radius 2 is 2.17 bits per heavy atom. The number of nitrogens with two attached hydrogens (primary N) is 1. The average molecular weight is 321 g/mol. The van der Waals surface area contributed by atoms with Gasteiger partial charge in [0.15, 0.2) is 0 Å². The van der Waals surface area contributed by atoms with E-state index in [-0.39, 0.29) is 18.1 Å². The van der Waals surface area contributed by atoms with E-state index in [0.717, 1.165) is 6.42 Å². The lowest BCUT2D eigenvalue weighted by Crippen LogP contribution is -2.50. The van der Waals surface area contributed by atoms with Gasteiger partial charge in [0.25, 0.3) is 5.91 Å². The Morgan fingerprint density at radius 3 is 2.83 bits per heavy atom. The zero-order chi connectivity index (χ0) is 16.8. The smallest absolute Gasteiger partial charge is 0.410 e. The van der Waals surface area contributed by atoms with Gasteiger partial charge in [0.05, 0.1) is 12.2 Å². The lowest BCUT2D eigenvalue weighted by Gasteiger charge is -2.42. The number of nitrogens with zero attached hydrogens (tertiary/aromatic N) is 3. The third-order valence-corrected chi connectivity index (χ3v) is 4.25. The van der Waals surface area contributed by atoms with Crippen molar-refractivity contribution in [2.75, 3.05) is 25.0 Å². The van der Waals surface area contributed by atoms with Gasteiger partial charge in [0.1, 0.15) is 17.0 Å². The minimum absolute atomic E-state index is 0.165. The Bertz CT molecular complexity index is 634. The van der Waals surface area contributed by atoms with Crippen LogP contribution >= 0.6 is 0 Å². The van der Waals surface area contributed by atoms with Gasteiger partial charge in [0, 0.05) is 25.6 Å². The Balaban J connectivity index is 1.73. The molecule has 2 aliphatic rings. The maximum absolute atomic E-state index is 12.2. The van der Waals surface area contributed by atoms with Crippen molar-refractivity contribution in [2.24, 2.45) is 11.7 Å². The molecule has 2 atom stereocenters. The molecular weight excluding hydrogens is 298 g/mol. The van der Waals surface area contributed by atoms with E-state index in [0.29, 0.717) is 31.0 Å². The second-order valence-corrected chi connectivity index (χ2v) is 7.14. The van der Waals surface area contributed by atoms with E-state index in [1.165, 1.54) is 6.20 Å². The number of piperidine rings is 1. The summed E-state index contributed by atoms with van der Waals surface area (Å²) in [6.07, 6.45) is 2.01. The Hall–Kier alpha value is -2.25. The van der Waals surface area contributed by atoms with Gasteiger partial charge in [-0.25, -0.2) is 9.48 Å².